The van der Waals surface area contributed by atoms with Crippen LogP contribution in [0.15, 0.2) is 12.4 Å². The topological polar surface area (TPSA) is 84.8 Å². The van der Waals surface area contributed by atoms with Gasteiger partial charge >= 0.3 is 6.16 Å². The summed E-state index contributed by atoms with van der Waals surface area (Å²) >= 11 is 0. The number of rotatable bonds is 4. The largest absolute Gasteiger partial charge is 0.511 e. The number of hydrogen-bond acceptors (Lipinski definition) is 6. The van der Waals surface area contributed by atoms with Crippen molar-refractivity contribution in [3.05, 3.63) is 12.4 Å². The van der Waals surface area contributed by atoms with Gasteiger partial charge in [-0.25, -0.2) is 14.8 Å². The second-order valence-electron chi connectivity index (χ2n) is 4.03. The van der Waals surface area contributed by atoms with Gasteiger partial charge in [-0.05, 0) is 12.8 Å². The lowest BCUT2D eigenvalue weighted by molar-refractivity contribution is 0.144. The Morgan fingerprint density at radius 2 is 2.28 bits per heavy atom. The minimum Gasteiger partial charge on any atom is -0.449 e. The van der Waals surface area contributed by atoms with E-state index in [1.54, 1.807) is 7.11 Å². The van der Waals surface area contributed by atoms with Crippen LogP contribution >= 0.6 is 0 Å². The Morgan fingerprint density at radius 3 is 2.89 bits per heavy atom. The number of anilines is 1. The molecular formula is C11H15N3O4. The van der Waals surface area contributed by atoms with E-state index in [0.717, 1.165) is 19.4 Å². The summed E-state index contributed by atoms with van der Waals surface area (Å²) in [6, 6.07) is 0.279. The fourth-order valence-corrected chi connectivity index (χ4v) is 2.08. The van der Waals surface area contributed by atoms with Crippen LogP contribution in [0.2, 0.25) is 0 Å². The average Bonchev–Trinajstić information content (AvgIpc) is 2.78. The van der Waals surface area contributed by atoms with Crippen LogP contribution in [0.1, 0.15) is 12.8 Å². The first-order valence-corrected chi connectivity index (χ1v) is 5.69. The molecule has 0 aromatic carbocycles. The molecule has 0 aliphatic carbocycles. The van der Waals surface area contributed by atoms with Crippen molar-refractivity contribution in [2.75, 3.05) is 25.2 Å². The van der Waals surface area contributed by atoms with E-state index in [1.807, 2.05) is 0 Å². The average molecular weight is 253 g/mol. The zero-order chi connectivity index (χ0) is 13.0. The molecule has 1 fully saturated rings. The molecule has 1 aromatic heterocycles. The number of hydrogen-bond donors (Lipinski definition) is 1. The first-order chi connectivity index (χ1) is 8.70. The summed E-state index contributed by atoms with van der Waals surface area (Å²) in [5.74, 6) is 0.695. The van der Waals surface area contributed by atoms with E-state index in [-0.39, 0.29) is 11.8 Å². The number of ether oxygens (including phenoxy) is 2. The summed E-state index contributed by atoms with van der Waals surface area (Å²) < 4.78 is 9.61. The van der Waals surface area contributed by atoms with E-state index in [2.05, 4.69) is 19.6 Å². The summed E-state index contributed by atoms with van der Waals surface area (Å²) in [7, 11) is 1.67. The number of carbonyl (C=O) groups is 1. The summed E-state index contributed by atoms with van der Waals surface area (Å²) in [4.78, 5) is 20.6. The third kappa shape index (κ3) is 2.86. The van der Waals surface area contributed by atoms with Gasteiger partial charge < -0.3 is 19.5 Å². The molecule has 7 heteroatoms. The Labute approximate surface area is 104 Å². The van der Waals surface area contributed by atoms with Crippen LogP contribution in [0.25, 0.3) is 0 Å². The molecule has 1 atom stereocenters. The van der Waals surface area contributed by atoms with Crippen molar-refractivity contribution < 1.29 is 19.4 Å². The third-order valence-corrected chi connectivity index (χ3v) is 2.81. The number of nitrogens with zero attached hydrogens (tertiary/aromatic N) is 3. The van der Waals surface area contributed by atoms with Gasteiger partial charge in [0, 0.05) is 13.7 Å². The highest BCUT2D eigenvalue weighted by Gasteiger charge is 2.26. The highest BCUT2D eigenvalue weighted by Crippen LogP contribution is 2.23. The zero-order valence-electron chi connectivity index (χ0n) is 10.1. The maximum Gasteiger partial charge on any atom is 0.511 e. The van der Waals surface area contributed by atoms with Crippen LogP contribution in [-0.2, 0) is 4.74 Å². The van der Waals surface area contributed by atoms with Gasteiger partial charge in [-0.1, -0.05) is 0 Å². The predicted molar refractivity (Wildman–Crippen MR) is 62.9 cm³/mol. The molecule has 7 nitrogen and oxygen atoms in total. The van der Waals surface area contributed by atoms with Crippen LogP contribution in [0, 0.1) is 0 Å². The molecule has 0 radical (unpaired) electrons. The van der Waals surface area contributed by atoms with E-state index in [9.17, 15) is 4.79 Å². The maximum atomic E-state index is 10.3. The Balaban J connectivity index is 2.06. The van der Waals surface area contributed by atoms with Crippen LogP contribution < -0.4 is 9.64 Å². The van der Waals surface area contributed by atoms with Gasteiger partial charge in [0.1, 0.15) is 0 Å². The molecule has 1 aliphatic heterocycles. The van der Waals surface area contributed by atoms with Gasteiger partial charge in [0.25, 0.3) is 0 Å². The molecule has 0 bridgehead atoms. The van der Waals surface area contributed by atoms with E-state index in [0.29, 0.717) is 12.6 Å². The van der Waals surface area contributed by atoms with Crippen molar-refractivity contribution in [1.82, 2.24) is 9.97 Å². The molecule has 0 amide bonds. The normalized spacial score (nSPS) is 18.9. The lowest BCUT2D eigenvalue weighted by atomic mass is 10.2. The molecule has 2 heterocycles. The second-order valence-corrected chi connectivity index (χ2v) is 4.03. The standard InChI is InChI=1S/C11H15N3O4/c1-17-7-8-3-2-4-14(8)10-12-5-9(6-13-10)18-11(15)16/h5-6,8H,2-4,7H2,1H3,(H,15,16)/t8-/m1/s1. The van der Waals surface area contributed by atoms with Crippen LogP contribution in [0.4, 0.5) is 10.7 Å². The van der Waals surface area contributed by atoms with Crippen LogP contribution in [-0.4, -0.2) is 47.5 Å². The molecule has 1 aliphatic rings. The van der Waals surface area contributed by atoms with Crippen molar-refractivity contribution in [3.63, 3.8) is 0 Å². The first-order valence-electron chi connectivity index (χ1n) is 5.69. The molecule has 1 N–H and O–H groups in total. The lowest BCUT2D eigenvalue weighted by Crippen LogP contribution is -2.34. The van der Waals surface area contributed by atoms with Crippen molar-refractivity contribution in [2.45, 2.75) is 18.9 Å². The van der Waals surface area contributed by atoms with Gasteiger partial charge in [0.05, 0.1) is 25.0 Å². The van der Waals surface area contributed by atoms with Crippen molar-refractivity contribution in [1.29, 1.82) is 0 Å². The van der Waals surface area contributed by atoms with Gasteiger partial charge in [0.15, 0.2) is 5.75 Å². The molecule has 0 spiro atoms. The monoisotopic (exact) mass is 253 g/mol. The molecule has 2 rings (SSSR count). The second kappa shape index (κ2) is 5.63. The Bertz CT molecular complexity index is 409. The minimum atomic E-state index is -1.37. The fraction of sp³-hybridized carbons (Fsp3) is 0.545. The van der Waals surface area contributed by atoms with Crippen molar-refractivity contribution in [3.8, 4) is 5.75 Å². The molecule has 0 unspecified atom stereocenters. The van der Waals surface area contributed by atoms with Gasteiger partial charge in [-0.2, -0.15) is 0 Å². The number of methoxy groups -OCH3 is 1. The lowest BCUT2D eigenvalue weighted by Gasteiger charge is -2.23. The van der Waals surface area contributed by atoms with E-state index < -0.39 is 6.16 Å². The van der Waals surface area contributed by atoms with E-state index in [4.69, 9.17) is 9.84 Å². The third-order valence-electron chi connectivity index (χ3n) is 2.81. The highest BCUT2D eigenvalue weighted by atomic mass is 16.7. The maximum absolute atomic E-state index is 10.3. The summed E-state index contributed by atoms with van der Waals surface area (Å²) in [5.41, 5.74) is 0. The first kappa shape index (κ1) is 12.6. The predicted octanol–water partition coefficient (Wildman–Crippen LogP) is 1.15. The van der Waals surface area contributed by atoms with Gasteiger partial charge in [-0.3, -0.25) is 0 Å². The molecule has 18 heavy (non-hydrogen) atoms. The Morgan fingerprint density at radius 1 is 1.56 bits per heavy atom. The van der Waals surface area contributed by atoms with Crippen LogP contribution in [0.3, 0.4) is 0 Å². The smallest absolute Gasteiger partial charge is 0.449 e. The minimum absolute atomic E-state index is 0.119. The Kier molecular flexibility index (Phi) is 3.93. The molecule has 98 valence electrons. The van der Waals surface area contributed by atoms with Crippen molar-refractivity contribution >= 4 is 12.1 Å². The zero-order valence-corrected chi connectivity index (χ0v) is 10.1. The fourth-order valence-electron chi connectivity index (χ4n) is 2.08. The highest BCUT2D eigenvalue weighted by molar-refractivity contribution is 5.60. The van der Waals surface area contributed by atoms with Gasteiger partial charge in [0.2, 0.25) is 5.95 Å². The number of carboxylic acid groups (broad SMARTS) is 1. The van der Waals surface area contributed by atoms with E-state index >= 15 is 0 Å². The van der Waals surface area contributed by atoms with Gasteiger partial charge in [-0.15, -0.1) is 0 Å². The Hall–Kier alpha value is -1.89. The molecule has 0 saturated carbocycles. The quantitative estimate of drug-likeness (QED) is 0.805. The summed E-state index contributed by atoms with van der Waals surface area (Å²) in [6.07, 6.45) is 3.47. The summed E-state index contributed by atoms with van der Waals surface area (Å²) in [6.45, 7) is 1.52. The number of aromatic nitrogens is 2. The van der Waals surface area contributed by atoms with Crippen molar-refractivity contribution in [2.24, 2.45) is 0 Å². The SMILES string of the molecule is COC[C@H]1CCCN1c1ncc(OC(=O)O)cn1. The molecular weight excluding hydrogens is 238 g/mol. The summed E-state index contributed by atoms with van der Waals surface area (Å²) in [5, 5.41) is 8.46. The van der Waals surface area contributed by atoms with E-state index in [1.165, 1.54) is 12.4 Å². The van der Waals surface area contributed by atoms with Crippen LogP contribution in [0.5, 0.6) is 5.75 Å². The molecule has 1 saturated heterocycles. The molecule has 1 aromatic rings.